The van der Waals surface area contributed by atoms with E-state index < -0.39 is 68.8 Å². The Morgan fingerprint density at radius 1 is 0.883 bits per heavy atom. The monoisotopic (exact) mass is 859 g/mol. The normalized spacial score (nSPS) is 17.0. The van der Waals surface area contributed by atoms with Gasteiger partial charge in [0.05, 0.1) is 11.5 Å². The molecular formula is C42H36F3N5O8S2. The van der Waals surface area contributed by atoms with Gasteiger partial charge in [-0.3, -0.25) is 14.5 Å². The van der Waals surface area contributed by atoms with Crippen LogP contribution in [0.5, 0.6) is 0 Å². The number of aromatic nitrogens is 1. The first kappa shape index (κ1) is 41.6. The fraction of sp³-hybridized carbons (Fsp3) is 0.214. The number of hydrogen-bond acceptors (Lipinski definition) is 12. The van der Waals surface area contributed by atoms with Crippen LogP contribution in [0.2, 0.25) is 0 Å². The third kappa shape index (κ3) is 8.33. The number of thiazole rings is 1. The number of carbonyl (C=O) groups excluding carboxylic acids is 3. The number of nitrogens with zero attached hydrogens (tertiary/aromatic N) is 3. The number of anilines is 1. The molecule has 0 saturated carbocycles. The first-order valence-corrected chi connectivity index (χ1v) is 20.7. The van der Waals surface area contributed by atoms with Crippen molar-refractivity contribution in [3.8, 4) is 0 Å². The maximum atomic E-state index is 13.8. The van der Waals surface area contributed by atoms with Crippen LogP contribution in [-0.4, -0.2) is 73.0 Å². The zero-order valence-corrected chi connectivity index (χ0v) is 33.3. The Bertz CT molecular complexity index is 2420. The van der Waals surface area contributed by atoms with E-state index in [-0.39, 0.29) is 24.4 Å². The lowest BCUT2D eigenvalue weighted by Gasteiger charge is -2.49. The average molecular weight is 860 g/mol. The number of halogens is 3. The lowest BCUT2D eigenvalue weighted by Crippen LogP contribution is -2.72. The molecule has 13 nitrogen and oxygen atoms in total. The standard InChI is InChI=1S/C42H36F3N5O8S2/c1-56-49-34(31-25-59-40(47-31)46-26-41(28-16-8-3-9-17-28,29-18-10-4-11-19-29)30-20-12-5-13-21-30)37(51)48-35-32-22-23-33(58-60(54,55)42(43,44)45)36(50(32)38(35)52)39(53)57-24-27-14-6-2-7-15-27/h2-21,25,32,35H,22-24,26H2,1H3,(H,46,47)(H,48,51)/t32-,35+/m1/s1. The van der Waals surface area contributed by atoms with Crippen molar-refractivity contribution in [3.63, 3.8) is 0 Å². The summed E-state index contributed by atoms with van der Waals surface area (Å²) in [5.74, 6) is -4.02. The van der Waals surface area contributed by atoms with Crippen molar-refractivity contribution in [2.75, 3.05) is 19.0 Å². The second-order valence-corrected chi connectivity index (χ2v) is 16.0. The van der Waals surface area contributed by atoms with Crippen LogP contribution in [0.4, 0.5) is 18.3 Å². The van der Waals surface area contributed by atoms with Crippen LogP contribution >= 0.6 is 11.3 Å². The van der Waals surface area contributed by atoms with Gasteiger partial charge in [-0.2, -0.15) is 21.6 Å². The van der Waals surface area contributed by atoms with Crippen LogP contribution in [0, 0.1) is 0 Å². The predicted molar refractivity (Wildman–Crippen MR) is 214 cm³/mol. The predicted octanol–water partition coefficient (Wildman–Crippen LogP) is 6.25. The molecule has 1 saturated heterocycles. The van der Waals surface area contributed by atoms with Crippen LogP contribution < -0.4 is 10.6 Å². The molecule has 1 fully saturated rings. The summed E-state index contributed by atoms with van der Waals surface area (Å²) >= 11 is 1.20. The molecule has 2 atom stereocenters. The van der Waals surface area contributed by atoms with E-state index in [1.807, 2.05) is 54.6 Å². The SMILES string of the molecule is CON=C(C(=O)N[C@@H]1C(=O)N2C(C(=O)OCc3ccccc3)=C(OS(=O)(=O)C(F)(F)F)CC[C@H]12)c1csc(NCC(c2ccccc2)(c2ccccc2)c2ccccc2)n1. The number of esters is 1. The van der Waals surface area contributed by atoms with Crippen molar-refractivity contribution in [1.82, 2.24) is 15.2 Å². The third-order valence-electron chi connectivity index (χ3n) is 10.0. The zero-order chi connectivity index (χ0) is 42.5. The summed E-state index contributed by atoms with van der Waals surface area (Å²) in [4.78, 5) is 51.2. The molecule has 2 N–H and O–H groups in total. The van der Waals surface area contributed by atoms with Crippen molar-refractivity contribution >= 4 is 50.1 Å². The number of hydrogen-bond donors (Lipinski definition) is 2. The summed E-state index contributed by atoms with van der Waals surface area (Å²) in [6, 6.07) is 36.0. The summed E-state index contributed by atoms with van der Waals surface area (Å²) in [5, 5.41) is 11.9. The van der Waals surface area contributed by atoms with E-state index in [0.717, 1.165) is 21.6 Å². The molecule has 5 aromatic rings. The Labute approximate surface area is 346 Å². The van der Waals surface area contributed by atoms with Gasteiger partial charge in [0.25, 0.3) is 11.8 Å². The lowest BCUT2D eigenvalue weighted by atomic mass is 9.69. The van der Waals surface area contributed by atoms with Gasteiger partial charge in [0.2, 0.25) is 0 Å². The van der Waals surface area contributed by atoms with Crippen molar-refractivity contribution in [2.45, 2.75) is 42.5 Å². The van der Waals surface area contributed by atoms with Crippen LogP contribution in [0.15, 0.2) is 143 Å². The number of alkyl halides is 3. The second kappa shape index (κ2) is 17.4. The summed E-state index contributed by atoms with van der Waals surface area (Å²) in [6.45, 7) is 0.0110. The highest BCUT2D eigenvalue weighted by molar-refractivity contribution is 7.87. The molecule has 2 amide bonds. The minimum atomic E-state index is -6.21. The number of oxime groups is 1. The molecular weight excluding hydrogens is 824 g/mol. The van der Waals surface area contributed by atoms with E-state index in [4.69, 9.17) is 9.57 Å². The fourth-order valence-corrected chi connectivity index (χ4v) is 8.44. The molecule has 0 radical (unpaired) electrons. The zero-order valence-electron chi connectivity index (χ0n) is 31.7. The summed E-state index contributed by atoms with van der Waals surface area (Å²) in [5.41, 5.74) is -3.90. The van der Waals surface area contributed by atoms with E-state index in [1.165, 1.54) is 18.4 Å². The van der Waals surface area contributed by atoms with E-state index in [0.29, 0.717) is 17.2 Å². The Kier molecular flexibility index (Phi) is 12.0. The summed E-state index contributed by atoms with van der Waals surface area (Å²) < 4.78 is 73.7. The quantitative estimate of drug-likeness (QED) is 0.0234. The number of allylic oxidation sites excluding steroid dienone is 1. The molecule has 18 heteroatoms. The van der Waals surface area contributed by atoms with Crippen molar-refractivity contribution in [1.29, 1.82) is 0 Å². The topological polar surface area (TPSA) is 166 Å². The number of nitrogens with one attached hydrogen (secondary N) is 2. The van der Waals surface area contributed by atoms with E-state index in [2.05, 4.69) is 61.4 Å². The van der Waals surface area contributed by atoms with Gasteiger partial charge in [-0.05, 0) is 28.7 Å². The van der Waals surface area contributed by atoms with Gasteiger partial charge >= 0.3 is 21.6 Å². The second-order valence-electron chi connectivity index (χ2n) is 13.6. The molecule has 0 aliphatic carbocycles. The van der Waals surface area contributed by atoms with E-state index >= 15 is 0 Å². The van der Waals surface area contributed by atoms with E-state index in [9.17, 15) is 36.0 Å². The maximum Gasteiger partial charge on any atom is 0.534 e. The highest BCUT2D eigenvalue weighted by Gasteiger charge is 2.56. The molecule has 4 aromatic carbocycles. The Morgan fingerprint density at radius 3 is 1.97 bits per heavy atom. The van der Waals surface area contributed by atoms with Crippen LogP contribution in [-0.2, 0) is 50.3 Å². The Balaban J connectivity index is 1.11. The number of amides is 2. The molecule has 7 rings (SSSR count). The van der Waals surface area contributed by atoms with E-state index in [1.54, 1.807) is 35.7 Å². The van der Waals surface area contributed by atoms with Crippen molar-refractivity contribution < 1.29 is 49.7 Å². The van der Waals surface area contributed by atoms with Gasteiger partial charge < -0.3 is 24.4 Å². The smallest absolute Gasteiger partial charge is 0.456 e. The molecule has 3 heterocycles. The number of benzene rings is 4. The van der Waals surface area contributed by atoms with Crippen molar-refractivity contribution in [2.24, 2.45) is 5.16 Å². The van der Waals surface area contributed by atoms with Crippen LogP contribution in [0.25, 0.3) is 0 Å². The molecule has 0 spiro atoms. The molecule has 0 unspecified atom stereocenters. The van der Waals surface area contributed by atoms with Gasteiger partial charge in [-0.25, -0.2) is 9.78 Å². The maximum absolute atomic E-state index is 13.8. The first-order valence-electron chi connectivity index (χ1n) is 18.4. The van der Waals surface area contributed by atoms with Crippen LogP contribution in [0.1, 0.15) is 40.8 Å². The van der Waals surface area contributed by atoms with Gasteiger partial charge in [0.15, 0.2) is 22.3 Å². The molecule has 0 bridgehead atoms. The minimum Gasteiger partial charge on any atom is -0.456 e. The Hall–Kier alpha value is -6.53. The summed E-state index contributed by atoms with van der Waals surface area (Å²) in [7, 11) is -4.99. The highest BCUT2D eigenvalue weighted by Crippen LogP contribution is 2.41. The van der Waals surface area contributed by atoms with Gasteiger partial charge in [0.1, 0.15) is 25.5 Å². The first-order chi connectivity index (χ1) is 28.8. The molecule has 310 valence electrons. The fourth-order valence-electron chi connectivity index (χ4n) is 7.22. The third-order valence-corrected chi connectivity index (χ3v) is 11.8. The number of β-lactam (4-membered cyclic amide) rings is 1. The number of rotatable bonds is 15. The number of ether oxygens (including phenoxy) is 1. The molecule has 2 aliphatic rings. The summed E-state index contributed by atoms with van der Waals surface area (Å²) in [6.07, 6.45) is -0.690. The average Bonchev–Trinajstić information content (AvgIpc) is 3.73. The Morgan fingerprint density at radius 2 is 1.43 bits per heavy atom. The number of carbonyl (C=O) groups is 3. The van der Waals surface area contributed by atoms with Crippen LogP contribution in [0.3, 0.4) is 0 Å². The number of fused-ring (bicyclic) bond motifs is 1. The molecule has 60 heavy (non-hydrogen) atoms. The van der Waals surface area contributed by atoms with Crippen molar-refractivity contribution in [3.05, 3.63) is 166 Å². The van der Waals surface area contributed by atoms with Gasteiger partial charge in [-0.15, -0.1) is 11.3 Å². The lowest BCUT2D eigenvalue weighted by molar-refractivity contribution is -0.158. The molecule has 1 aromatic heterocycles. The molecule has 2 aliphatic heterocycles. The van der Waals surface area contributed by atoms with Gasteiger partial charge in [0, 0.05) is 18.3 Å². The van der Waals surface area contributed by atoms with Gasteiger partial charge in [-0.1, -0.05) is 126 Å². The highest BCUT2D eigenvalue weighted by atomic mass is 32.2. The minimum absolute atomic E-state index is 0.108. The largest absolute Gasteiger partial charge is 0.534 e.